The Balaban J connectivity index is 1.56. The van der Waals surface area contributed by atoms with Crippen LogP contribution in [0.4, 0.5) is 0 Å². The predicted molar refractivity (Wildman–Crippen MR) is 108 cm³/mol. The number of carbonyl (C=O) groups is 1. The summed E-state index contributed by atoms with van der Waals surface area (Å²) in [6.45, 7) is 2.41. The molecule has 0 radical (unpaired) electrons. The minimum Gasteiger partial charge on any atom is -0.497 e. The number of rotatable bonds is 7. The van der Waals surface area contributed by atoms with Crippen LogP contribution < -0.4 is 10.1 Å². The highest BCUT2D eigenvalue weighted by Gasteiger charge is 2.08. The molecular formula is C21H21N3O2S. The zero-order valence-electron chi connectivity index (χ0n) is 15.3. The molecule has 5 nitrogen and oxygen atoms in total. The summed E-state index contributed by atoms with van der Waals surface area (Å²) in [7, 11) is 1.63. The van der Waals surface area contributed by atoms with Gasteiger partial charge in [0.15, 0.2) is 5.16 Å². The Hall–Kier alpha value is -2.86. The van der Waals surface area contributed by atoms with Gasteiger partial charge in [-0.05, 0) is 30.7 Å². The van der Waals surface area contributed by atoms with Crippen LogP contribution in [0.5, 0.6) is 5.75 Å². The minimum atomic E-state index is -0.0535. The molecule has 27 heavy (non-hydrogen) atoms. The highest BCUT2D eigenvalue weighted by atomic mass is 32.2. The van der Waals surface area contributed by atoms with Crippen molar-refractivity contribution in [3.05, 3.63) is 71.9 Å². The number of amides is 1. The van der Waals surface area contributed by atoms with Crippen molar-refractivity contribution >= 4 is 17.7 Å². The smallest absolute Gasteiger partial charge is 0.230 e. The lowest BCUT2D eigenvalue weighted by atomic mass is 10.1. The van der Waals surface area contributed by atoms with E-state index in [1.807, 2.05) is 67.6 Å². The van der Waals surface area contributed by atoms with E-state index in [1.54, 1.807) is 7.11 Å². The van der Waals surface area contributed by atoms with Gasteiger partial charge in [0.05, 0.1) is 18.6 Å². The average Bonchev–Trinajstić information content (AvgIpc) is 2.71. The molecule has 1 N–H and O–H groups in total. The van der Waals surface area contributed by atoms with E-state index in [1.165, 1.54) is 11.8 Å². The second kappa shape index (κ2) is 9.19. The van der Waals surface area contributed by atoms with E-state index in [2.05, 4.69) is 15.3 Å². The number of benzene rings is 2. The van der Waals surface area contributed by atoms with Gasteiger partial charge in [-0.3, -0.25) is 4.79 Å². The molecule has 0 aliphatic heterocycles. The number of nitrogens with zero attached hydrogens (tertiary/aromatic N) is 2. The van der Waals surface area contributed by atoms with Crippen LogP contribution in [-0.4, -0.2) is 28.7 Å². The highest BCUT2D eigenvalue weighted by molar-refractivity contribution is 7.99. The lowest BCUT2D eigenvalue weighted by Gasteiger charge is -2.07. The van der Waals surface area contributed by atoms with Crippen LogP contribution in [0, 0.1) is 6.92 Å². The first-order chi connectivity index (χ1) is 13.1. The molecule has 0 fully saturated rings. The van der Waals surface area contributed by atoms with Crippen LogP contribution in [0.3, 0.4) is 0 Å². The number of aryl methyl sites for hydroxylation is 1. The number of hydrogen-bond acceptors (Lipinski definition) is 5. The quantitative estimate of drug-likeness (QED) is 0.499. The molecule has 0 aliphatic carbocycles. The third-order valence-corrected chi connectivity index (χ3v) is 4.73. The monoisotopic (exact) mass is 379 g/mol. The van der Waals surface area contributed by atoms with Crippen LogP contribution in [0.2, 0.25) is 0 Å². The fraction of sp³-hybridized carbons (Fsp3) is 0.190. The molecule has 1 heterocycles. The summed E-state index contributed by atoms with van der Waals surface area (Å²) in [6.07, 6.45) is 0. The van der Waals surface area contributed by atoms with Gasteiger partial charge < -0.3 is 10.1 Å². The molecule has 0 unspecified atom stereocenters. The molecule has 0 aliphatic rings. The largest absolute Gasteiger partial charge is 0.497 e. The third-order valence-electron chi connectivity index (χ3n) is 3.88. The van der Waals surface area contributed by atoms with Gasteiger partial charge >= 0.3 is 0 Å². The van der Waals surface area contributed by atoms with Crippen molar-refractivity contribution < 1.29 is 9.53 Å². The molecule has 0 saturated heterocycles. The van der Waals surface area contributed by atoms with Gasteiger partial charge in [0.25, 0.3) is 0 Å². The van der Waals surface area contributed by atoms with Crippen molar-refractivity contribution in [3.63, 3.8) is 0 Å². The maximum Gasteiger partial charge on any atom is 0.230 e. The summed E-state index contributed by atoms with van der Waals surface area (Å²) in [6, 6.07) is 19.5. The molecule has 3 aromatic rings. The lowest BCUT2D eigenvalue weighted by molar-refractivity contribution is -0.118. The molecular weight excluding hydrogens is 358 g/mol. The Bertz CT molecular complexity index is 899. The number of hydrogen-bond donors (Lipinski definition) is 1. The molecule has 2 aromatic carbocycles. The van der Waals surface area contributed by atoms with Crippen LogP contribution in [0.1, 0.15) is 11.3 Å². The molecule has 0 atom stereocenters. The molecule has 0 saturated carbocycles. The van der Waals surface area contributed by atoms with E-state index >= 15 is 0 Å². The van der Waals surface area contributed by atoms with Crippen molar-refractivity contribution in [1.29, 1.82) is 0 Å². The van der Waals surface area contributed by atoms with Crippen molar-refractivity contribution in [2.45, 2.75) is 18.6 Å². The number of carbonyl (C=O) groups excluding carboxylic acids is 1. The summed E-state index contributed by atoms with van der Waals surface area (Å²) in [4.78, 5) is 21.1. The SMILES string of the molecule is COc1ccc(CNC(=O)CSc2nc(C)cc(-c3ccccc3)n2)cc1. The van der Waals surface area contributed by atoms with Crippen molar-refractivity contribution in [1.82, 2.24) is 15.3 Å². The zero-order valence-corrected chi connectivity index (χ0v) is 16.1. The van der Waals surface area contributed by atoms with Crippen molar-refractivity contribution in [3.8, 4) is 17.0 Å². The van der Waals surface area contributed by atoms with Crippen molar-refractivity contribution in [2.75, 3.05) is 12.9 Å². The first-order valence-corrected chi connectivity index (χ1v) is 9.56. The summed E-state index contributed by atoms with van der Waals surface area (Å²) in [5, 5.41) is 3.52. The molecule has 0 spiro atoms. The standard InChI is InChI=1S/C21H21N3O2S/c1-15-12-19(17-6-4-3-5-7-17)24-21(23-15)27-14-20(25)22-13-16-8-10-18(26-2)11-9-16/h3-12H,13-14H2,1-2H3,(H,22,25). The second-order valence-electron chi connectivity index (χ2n) is 5.96. The molecule has 138 valence electrons. The number of methoxy groups -OCH3 is 1. The topological polar surface area (TPSA) is 64.1 Å². The predicted octanol–water partition coefficient (Wildman–Crippen LogP) is 3.87. The van der Waals surface area contributed by atoms with Crippen LogP contribution in [-0.2, 0) is 11.3 Å². The van der Waals surface area contributed by atoms with E-state index in [9.17, 15) is 4.79 Å². The lowest BCUT2D eigenvalue weighted by Crippen LogP contribution is -2.24. The normalized spacial score (nSPS) is 10.4. The van der Waals surface area contributed by atoms with E-state index in [-0.39, 0.29) is 11.7 Å². The van der Waals surface area contributed by atoms with Gasteiger partial charge in [-0.15, -0.1) is 0 Å². The van der Waals surface area contributed by atoms with Gasteiger partial charge in [0.2, 0.25) is 5.91 Å². The summed E-state index contributed by atoms with van der Waals surface area (Å²) >= 11 is 1.34. The number of ether oxygens (including phenoxy) is 1. The van der Waals surface area contributed by atoms with Gasteiger partial charge in [-0.25, -0.2) is 9.97 Å². The Labute approximate surface area is 163 Å². The third kappa shape index (κ3) is 5.56. The molecule has 0 bridgehead atoms. The van der Waals surface area contributed by atoms with Crippen LogP contribution in [0.15, 0.2) is 65.8 Å². The second-order valence-corrected chi connectivity index (χ2v) is 6.90. The minimum absolute atomic E-state index is 0.0535. The fourth-order valence-corrected chi connectivity index (χ4v) is 3.22. The van der Waals surface area contributed by atoms with E-state index in [0.29, 0.717) is 11.7 Å². The highest BCUT2D eigenvalue weighted by Crippen LogP contribution is 2.21. The van der Waals surface area contributed by atoms with Gasteiger partial charge in [0, 0.05) is 17.8 Å². The van der Waals surface area contributed by atoms with Gasteiger partial charge in [-0.2, -0.15) is 0 Å². The molecule has 1 amide bonds. The Morgan fingerprint density at radius 3 is 2.52 bits per heavy atom. The summed E-state index contributed by atoms with van der Waals surface area (Å²) in [5.41, 5.74) is 3.80. The van der Waals surface area contributed by atoms with E-state index in [0.717, 1.165) is 28.3 Å². The van der Waals surface area contributed by atoms with E-state index in [4.69, 9.17) is 4.74 Å². The molecule has 3 rings (SSSR count). The average molecular weight is 379 g/mol. The maximum absolute atomic E-state index is 12.1. The number of thioether (sulfide) groups is 1. The first-order valence-electron chi connectivity index (χ1n) is 8.57. The Kier molecular flexibility index (Phi) is 6.44. The first kappa shape index (κ1) is 18.9. The number of aromatic nitrogens is 2. The van der Waals surface area contributed by atoms with Gasteiger partial charge in [-0.1, -0.05) is 54.2 Å². The van der Waals surface area contributed by atoms with Gasteiger partial charge in [0.1, 0.15) is 5.75 Å². The van der Waals surface area contributed by atoms with Crippen LogP contribution >= 0.6 is 11.8 Å². The Morgan fingerprint density at radius 1 is 1.07 bits per heavy atom. The zero-order chi connectivity index (χ0) is 19.1. The summed E-state index contributed by atoms with van der Waals surface area (Å²) in [5.74, 6) is 1.02. The van der Waals surface area contributed by atoms with Crippen molar-refractivity contribution in [2.24, 2.45) is 0 Å². The van der Waals surface area contributed by atoms with Crippen LogP contribution in [0.25, 0.3) is 11.3 Å². The van der Waals surface area contributed by atoms with E-state index < -0.39 is 0 Å². The number of nitrogens with one attached hydrogen (secondary N) is 1. The molecule has 6 heteroatoms. The Morgan fingerprint density at radius 2 is 1.81 bits per heavy atom. The summed E-state index contributed by atoms with van der Waals surface area (Å²) < 4.78 is 5.13. The maximum atomic E-state index is 12.1. The fourth-order valence-electron chi connectivity index (χ4n) is 2.49. The molecule has 1 aromatic heterocycles.